The lowest BCUT2D eigenvalue weighted by atomic mass is 10.1. The van der Waals surface area contributed by atoms with Gasteiger partial charge in [-0.15, -0.1) is 0 Å². The normalized spacial score (nSPS) is 14.4. The molecule has 1 aliphatic rings. The predicted octanol–water partition coefficient (Wildman–Crippen LogP) is 4.97. The molecule has 1 fully saturated rings. The standard InChI is InChI=1S/C19H16Cl2N2O2/c20-14-10-15(21)18-16(11-14)22-19(25-18)13-5-3-4-12(8-13)9-17(24)23-6-1-2-7-23/h3-5,8,10-11H,1-2,6-7,9H2. The molecule has 4 rings (SSSR count). The van der Waals surface area contributed by atoms with Gasteiger partial charge in [0, 0.05) is 23.7 Å². The van der Waals surface area contributed by atoms with Crippen LogP contribution in [0.3, 0.4) is 0 Å². The number of likely N-dealkylation sites (tertiary alicyclic amines) is 1. The highest BCUT2D eigenvalue weighted by molar-refractivity contribution is 6.38. The van der Waals surface area contributed by atoms with Crippen LogP contribution >= 0.6 is 23.2 Å². The van der Waals surface area contributed by atoms with Crippen LogP contribution in [0, 0.1) is 0 Å². The molecular weight excluding hydrogens is 359 g/mol. The van der Waals surface area contributed by atoms with Crippen molar-refractivity contribution in [2.24, 2.45) is 0 Å². The highest BCUT2D eigenvalue weighted by Crippen LogP contribution is 2.32. The van der Waals surface area contributed by atoms with Crippen LogP contribution < -0.4 is 0 Å². The van der Waals surface area contributed by atoms with Crippen molar-refractivity contribution in [3.8, 4) is 11.5 Å². The number of amides is 1. The maximum absolute atomic E-state index is 12.3. The quantitative estimate of drug-likeness (QED) is 0.650. The highest BCUT2D eigenvalue weighted by atomic mass is 35.5. The Bertz CT molecular complexity index is 946. The van der Waals surface area contributed by atoms with Gasteiger partial charge in [0.2, 0.25) is 11.8 Å². The van der Waals surface area contributed by atoms with Crippen LogP contribution in [0.4, 0.5) is 0 Å². The van der Waals surface area contributed by atoms with E-state index in [1.165, 1.54) is 0 Å². The van der Waals surface area contributed by atoms with Crippen LogP contribution in [0.15, 0.2) is 40.8 Å². The first-order chi connectivity index (χ1) is 12.1. The first kappa shape index (κ1) is 16.4. The number of fused-ring (bicyclic) bond motifs is 1. The van der Waals surface area contributed by atoms with Gasteiger partial charge in [0.25, 0.3) is 0 Å². The van der Waals surface area contributed by atoms with Crippen molar-refractivity contribution in [2.45, 2.75) is 19.3 Å². The number of benzene rings is 2. The van der Waals surface area contributed by atoms with Gasteiger partial charge in [-0.05, 0) is 42.7 Å². The minimum atomic E-state index is 0.169. The van der Waals surface area contributed by atoms with Crippen LogP contribution in [0.1, 0.15) is 18.4 Å². The summed E-state index contributed by atoms with van der Waals surface area (Å²) in [6, 6.07) is 11.1. The molecule has 1 aliphatic heterocycles. The van der Waals surface area contributed by atoms with Crippen molar-refractivity contribution in [1.82, 2.24) is 9.88 Å². The number of carbonyl (C=O) groups excluding carboxylic acids is 1. The Hall–Kier alpha value is -2.04. The molecule has 3 aromatic rings. The fourth-order valence-electron chi connectivity index (χ4n) is 3.15. The van der Waals surface area contributed by atoms with E-state index in [0.29, 0.717) is 33.5 Å². The second kappa shape index (κ2) is 6.70. The predicted molar refractivity (Wildman–Crippen MR) is 99.0 cm³/mol. The smallest absolute Gasteiger partial charge is 0.227 e. The number of nitrogens with zero attached hydrogens (tertiary/aromatic N) is 2. The number of oxazole rings is 1. The second-order valence-corrected chi connectivity index (χ2v) is 7.06. The van der Waals surface area contributed by atoms with E-state index in [2.05, 4.69) is 4.98 Å². The Morgan fingerprint density at radius 2 is 1.96 bits per heavy atom. The molecule has 0 N–H and O–H groups in total. The average molecular weight is 375 g/mol. The first-order valence-electron chi connectivity index (χ1n) is 8.23. The summed E-state index contributed by atoms with van der Waals surface area (Å²) in [5, 5.41) is 0.948. The zero-order chi connectivity index (χ0) is 17.4. The molecule has 0 atom stereocenters. The lowest BCUT2D eigenvalue weighted by Gasteiger charge is -2.15. The fraction of sp³-hybridized carbons (Fsp3) is 0.263. The zero-order valence-electron chi connectivity index (χ0n) is 13.5. The van der Waals surface area contributed by atoms with Crippen molar-refractivity contribution in [2.75, 3.05) is 13.1 Å². The van der Waals surface area contributed by atoms with Gasteiger partial charge in [-0.2, -0.15) is 0 Å². The Morgan fingerprint density at radius 3 is 2.76 bits per heavy atom. The van der Waals surface area contributed by atoms with E-state index in [0.717, 1.165) is 37.1 Å². The van der Waals surface area contributed by atoms with Gasteiger partial charge in [-0.1, -0.05) is 35.3 Å². The lowest BCUT2D eigenvalue weighted by Crippen LogP contribution is -2.29. The summed E-state index contributed by atoms with van der Waals surface area (Å²) >= 11 is 12.2. The Kier molecular flexibility index (Phi) is 4.40. The molecule has 1 aromatic heterocycles. The fourth-order valence-corrected chi connectivity index (χ4v) is 3.67. The van der Waals surface area contributed by atoms with E-state index in [1.807, 2.05) is 29.2 Å². The molecule has 25 heavy (non-hydrogen) atoms. The highest BCUT2D eigenvalue weighted by Gasteiger charge is 2.18. The molecule has 6 heteroatoms. The van der Waals surface area contributed by atoms with E-state index in [4.69, 9.17) is 27.6 Å². The minimum absolute atomic E-state index is 0.169. The third-order valence-electron chi connectivity index (χ3n) is 4.40. The van der Waals surface area contributed by atoms with Gasteiger partial charge in [0.1, 0.15) is 5.52 Å². The van der Waals surface area contributed by atoms with E-state index in [1.54, 1.807) is 12.1 Å². The van der Waals surface area contributed by atoms with Crippen LogP contribution in [0.2, 0.25) is 10.0 Å². The summed E-state index contributed by atoms with van der Waals surface area (Å²) in [7, 11) is 0. The van der Waals surface area contributed by atoms with E-state index in [9.17, 15) is 4.79 Å². The van der Waals surface area contributed by atoms with E-state index >= 15 is 0 Å². The van der Waals surface area contributed by atoms with Crippen molar-refractivity contribution in [1.29, 1.82) is 0 Å². The summed E-state index contributed by atoms with van der Waals surface area (Å²) in [6.07, 6.45) is 2.58. The Morgan fingerprint density at radius 1 is 1.16 bits per heavy atom. The van der Waals surface area contributed by atoms with Gasteiger partial charge in [0.05, 0.1) is 11.4 Å². The molecule has 2 heterocycles. The molecular formula is C19H16Cl2N2O2. The molecule has 2 aromatic carbocycles. The van der Waals surface area contributed by atoms with Gasteiger partial charge in [-0.25, -0.2) is 4.98 Å². The van der Waals surface area contributed by atoms with Crippen molar-refractivity contribution >= 4 is 40.2 Å². The molecule has 0 radical (unpaired) electrons. The topological polar surface area (TPSA) is 46.3 Å². The van der Waals surface area contributed by atoms with Gasteiger partial charge in [-0.3, -0.25) is 4.79 Å². The zero-order valence-corrected chi connectivity index (χ0v) is 15.0. The summed E-state index contributed by atoms with van der Waals surface area (Å²) in [5.41, 5.74) is 2.89. The van der Waals surface area contributed by atoms with Crippen LogP contribution in [0.5, 0.6) is 0 Å². The maximum atomic E-state index is 12.3. The minimum Gasteiger partial charge on any atom is -0.435 e. The van der Waals surface area contributed by atoms with E-state index < -0.39 is 0 Å². The summed E-state index contributed by atoms with van der Waals surface area (Å²) in [5.74, 6) is 0.636. The number of halogens is 2. The SMILES string of the molecule is O=C(Cc1cccc(-c2nc3cc(Cl)cc(Cl)c3o2)c1)N1CCCC1. The number of carbonyl (C=O) groups is 1. The van der Waals surface area contributed by atoms with Gasteiger partial charge < -0.3 is 9.32 Å². The molecule has 0 bridgehead atoms. The van der Waals surface area contributed by atoms with Crippen molar-refractivity contribution < 1.29 is 9.21 Å². The number of aromatic nitrogens is 1. The van der Waals surface area contributed by atoms with Gasteiger partial charge >= 0.3 is 0 Å². The largest absolute Gasteiger partial charge is 0.435 e. The van der Waals surface area contributed by atoms with Crippen LogP contribution in [0.25, 0.3) is 22.6 Å². The molecule has 1 amide bonds. The molecule has 0 unspecified atom stereocenters. The Labute approximate surface area is 155 Å². The molecule has 128 valence electrons. The maximum Gasteiger partial charge on any atom is 0.227 e. The van der Waals surface area contributed by atoms with Crippen LogP contribution in [-0.4, -0.2) is 28.9 Å². The molecule has 1 saturated heterocycles. The molecule has 0 saturated carbocycles. The summed E-state index contributed by atoms with van der Waals surface area (Å²) in [6.45, 7) is 1.73. The van der Waals surface area contributed by atoms with Crippen molar-refractivity contribution in [3.63, 3.8) is 0 Å². The lowest BCUT2D eigenvalue weighted by molar-refractivity contribution is -0.129. The third kappa shape index (κ3) is 3.37. The molecule has 0 spiro atoms. The average Bonchev–Trinajstić information content (AvgIpc) is 3.24. The molecule has 0 aliphatic carbocycles. The van der Waals surface area contributed by atoms with Crippen molar-refractivity contribution in [3.05, 3.63) is 52.0 Å². The summed E-state index contributed by atoms with van der Waals surface area (Å²) < 4.78 is 5.80. The van der Waals surface area contributed by atoms with Crippen LogP contribution in [-0.2, 0) is 11.2 Å². The second-order valence-electron chi connectivity index (χ2n) is 6.22. The first-order valence-corrected chi connectivity index (χ1v) is 8.98. The number of hydrogen-bond donors (Lipinski definition) is 0. The monoisotopic (exact) mass is 374 g/mol. The Balaban J connectivity index is 1.63. The summed E-state index contributed by atoms with van der Waals surface area (Å²) in [4.78, 5) is 18.7. The van der Waals surface area contributed by atoms with E-state index in [-0.39, 0.29) is 5.91 Å². The number of rotatable bonds is 3. The van der Waals surface area contributed by atoms with Gasteiger partial charge in [0.15, 0.2) is 5.58 Å². The number of hydrogen-bond acceptors (Lipinski definition) is 3. The third-order valence-corrected chi connectivity index (χ3v) is 4.90. The molecule has 4 nitrogen and oxygen atoms in total.